The highest BCUT2D eigenvalue weighted by Crippen LogP contribution is 2.28. The Morgan fingerprint density at radius 2 is 2.41 bits per heavy atom. The summed E-state index contributed by atoms with van der Waals surface area (Å²) in [4.78, 5) is 14.0. The van der Waals surface area contributed by atoms with Crippen LogP contribution in [0.4, 0.5) is 0 Å². The summed E-state index contributed by atoms with van der Waals surface area (Å²) in [5.74, 6) is 0.0520. The molecule has 17 heavy (non-hydrogen) atoms. The number of likely N-dealkylation sites (tertiary alicyclic amines) is 1. The Bertz CT molecular complexity index is 275. The Hall–Kier alpha value is -0.610. The topological polar surface area (TPSA) is 41.6 Å². The van der Waals surface area contributed by atoms with E-state index in [1.54, 1.807) is 0 Å². The van der Waals surface area contributed by atoms with Crippen LogP contribution in [-0.2, 0) is 9.53 Å². The SMILES string of the molecule is COC(=O)C1CCCN(CC2(C)CCNC2)C1. The quantitative estimate of drug-likeness (QED) is 0.743. The molecule has 0 aliphatic carbocycles. The van der Waals surface area contributed by atoms with Crippen molar-refractivity contribution in [2.45, 2.75) is 26.2 Å². The molecular formula is C13H24N2O2. The van der Waals surface area contributed by atoms with Crippen LogP contribution < -0.4 is 5.32 Å². The summed E-state index contributed by atoms with van der Waals surface area (Å²) in [5, 5.41) is 3.43. The zero-order valence-corrected chi connectivity index (χ0v) is 11.0. The molecule has 4 nitrogen and oxygen atoms in total. The molecule has 0 saturated carbocycles. The maximum atomic E-state index is 11.6. The third-order valence-electron chi connectivity index (χ3n) is 4.10. The summed E-state index contributed by atoms with van der Waals surface area (Å²) in [7, 11) is 1.49. The first-order chi connectivity index (χ1) is 8.13. The lowest BCUT2D eigenvalue weighted by molar-refractivity contribution is -0.147. The van der Waals surface area contributed by atoms with Gasteiger partial charge in [0.05, 0.1) is 13.0 Å². The lowest BCUT2D eigenvalue weighted by atomic mass is 9.87. The molecule has 0 spiro atoms. The van der Waals surface area contributed by atoms with Gasteiger partial charge >= 0.3 is 5.97 Å². The predicted octanol–water partition coefficient (Wildman–Crippen LogP) is 0.871. The fraction of sp³-hybridized carbons (Fsp3) is 0.923. The van der Waals surface area contributed by atoms with E-state index in [1.165, 1.54) is 13.5 Å². The van der Waals surface area contributed by atoms with Crippen molar-refractivity contribution in [3.8, 4) is 0 Å². The van der Waals surface area contributed by atoms with Gasteiger partial charge in [-0.25, -0.2) is 0 Å². The van der Waals surface area contributed by atoms with Crippen LogP contribution in [0.25, 0.3) is 0 Å². The van der Waals surface area contributed by atoms with Crippen molar-refractivity contribution in [2.24, 2.45) is 11.3 Å². The van der Waals surface area contributed by atoms with Crippen LogP contribution in [0.2, 0.25) is 0 Å². The van der Waals surface area contributed by atoms with Crippen molar-refractivity contribution >= 4 is 5.97 Å². The lowest BCUT2D eigenvalue weighted by Crippen LogP contribution is -2.44. The molecule has 2 heterocycles. The molecule has 0 radical (unpaired) electrons. The minimum atomic E-state index is -0.0376. The average Bonchev–Trinajstić information content (AvgIpc) is 2.75. The highest BCUT2D eigenvalue weighted by atomic mass is 16.5. The Balaban J connectivity index is 1.86. The fourth-order valence-corrected chi connectivity index (χ4v) is 3.10. The van der Waals surface area contributed by atoms with Crippen LogP contribution in [0, 0.1) is 11.3 Å². The van der Waals surface area contributed by atoms with Crippen LogP contribution in [0.5, 0.6) is 0 Å². The van der Waals surface area contributed by atoms with Crippen molar-refractivity contribution in [3.63, 3.8) is 0 Å². The molecule has 98 valence electrons. The molecule has 0 aromatic carbocycles. The number of piperidine rings is 1. The first kappa shape index (κ1) is 12.8. The van der Waals surface area contributed by atoms with Crippen LogP contribution in [0.15, 0.2) is 0 Å². The van der Waals surface area contributed by atoms with E-state index in [4.69, 9.17) is 4.74 Å². The highest BCUT2D eigenvalue weighted by Gasteiger charge is 2.34. The molecule has 0 aromatic heterocycles. The Morgan fingerprint density at radius 1 is 1.59 bits per heavy atom. The number of carbonyl (C=O) groups is 1. The number of hydrogen-bond acceptors (Lipinski definition) is 4. The third kappa shape index (κ3) is 3.19. The van der Waals surface area contributed by atoms with Gasteiger partial charge in [-0.2, -0.15) is 0 Å². The third-order valence-corrected chi connectivity index (χ3v) is 4.10. The van der Waals surface area contributed by atoms with Crippen LogP contribution in [-0.4, -0.2) is 50.7 Å². The molecule has 4 heteroatoms. The van der Waals surface area contributed by atoms with Gasteiger partial charge in [0, 0.05) is 19.6 Å². The summed E-state index contributed by atoms with van der Waals surface area (Å²) in [6.45, 7) is 7.69. The number of carbonyl (C=O) groups excluding carboxylic acids is 1. The van der Waals surface area contributed by atoms with Gasteiger partial charge in [0.15, 0.2) is 0 Å². The average molecular weight is 240 g/mol. The first-order valence-corrected chi connectivity index (χ1v) is 6.64. The number of nitrogens with one attached hydrogen (secondary N) is 1. The number of rotatable bonds is 3. The molecule has 1 N–H and O–H groups in total. The van der Waals surface area contributed by atoms with E-state index in [1.807, 2.05) is 0 Å². The first-order valence-electron chi connectivity index (χ1n) is 6.64. The molecule has 2 fully saturated rings. The number of hydrogen-bond donors (Lipinski definition) is 1. The predicted molar refractivity (Wildman–Crippen MR) is 66.8 cm³/mol. The van der Waals surface area contributed by atoms with Crippen molar-refractivity contribution in [3.05, 3.63) is 0 Å². The number of methoxy groups -OCH3 is 1. The van der Waals surface area contributed by atoms with Crippen LogP contribution in [0.1, 0.15) is 26.2 Å². The molecular weight excluding hydrogens is 216 g/mol. The van der Waals surface area contributed by atoms with Gasteiger partial charge in [-0.1, -0.05) is 6.92 Å². The van der Waals surface area contributed by atoms with Gasteiger partial charge in [0.2, 0.25) is 0 Å². The molecule has 0 bridgehead atoms. The summed E-state index contributed by atoms with van der Waals surface area (Å²) in [6, 6.07) is 0. The minimum absolute atomic E-state index is 0.0376. The lowest BCUT2D eigenvalue weighted by Gasteiger charge is -2.36. The second-order valence-corrected chi connectivity index (χ2v) is 5.83. The van der Waals surface area contributed by atoms with Gasteiger partial charge < -0.3 is 15.0 Å². The molecule has 0 amide bonds. The molecule has 2 aliphatic heterocycles. The number of nitrogens with zero attached hydrogens (tertiary/aromatic N) is 1. The summed E-state index contributed by atoms with van der Waals surface area (Å²) in [5.41, 5.74) is 0.387. The van der Waals surface area contributed by atoms with Gasteiger partial charge in [-0.15, -0.1) is 0 Å². The second-order valence-electron chi connectivity index (χ2n) is 5.83. The number of ether oxygens (including phenoxy) is 1. The van der Waals surface area contributed by atoms with E-state index >= 15 is 0 Å². The van der Waals surface area contributed by atoms with Crippen LogP contribution >= 0.6 is 0 Å². The van der Waals surface area contributed by atoms with Crippen molar-refractivity contribution in [2.75, 3.05) is 39.8 Å². The van der Waals surface area contributed by atoms with Gasteiger partial charge in [-0.3, -0.25) is 4.79 Å². The Kier molecular flexibility index (Phi) is 4.05. The van der Waals surface area contributed by atoms with Crippen molar-refractivity contribution in [1.82, 2.24) is 10.2 Å². The maximum absolute atomic E-state index is 11.6. The van der Waals surface area contributed by atoms with Crippen molar-refractivity contribution < 1.29 is 9.53 Å². The second kappa shape index (κ2) is 5.36. The standard InChI is InChI=1S/C13H24N2O2/c1-13(5-6-14-9-13)10-15-7-3-4-11(8-15)12(16)17-2/h11,14H,3-10H2,1-2H3. The minimum Gasteiger partial charge on any atom is -0.469 e. The zero-order chi connectivity index (χ0) is 12.3. The smallest absolute Gasteiger partial charge is 0.309 e. The molecule has 2 atom stereocenters. The fourth-order valence-electron chi connectivity index (χ4n) is 3.10. The molecule has 0 aromatic rings. The molecule has 2 unspecified atom stereocenters. The van der Waals surface area contributed by atoms with E-state index in [9.17, 15) is 4.79 Å². The normalized spacial score (nSPS) is 34.8. The van der Waals surface area contributed by atoms with Crippen molar-refractivity contribution in [1.29, 1.82) is 0 Å². The van der Waals surface area contributed by atoms with Gasteiger partial charge in [0.1, 0.15) is 0 Å². The van der Waals surface area contributed by atoms with E-state index in [0.29, 0.717) is 5.41 Å². The molecule has 2 aliphatic rings. The maximum Gasteiger partial charge on any atom is 0.309 e. The summed E-state index contributed by atoms with van der Waals surface area (Å²) >= 11 is 0. The summed E-state index contributed by atoms with van der Waals surface area (Å²) in [6.07, 6.45) is 3.34. The van der Waals surface area contributed by atoms with Gasteiger partial charge in [0.25, 0.3) is 0 Å². The van der Waals surface area contributed by atoms with E-state index in [2.05, 4.69) is 17.1 Å². The summed E-state index contributed by atoms with van der Waals surface area (Å²) < 4.78 is 4.86. The van der Waals surface area contributed by atoms with Crippen LogP contribution in [0.3, 0.4) is 0 Å². The molecule has 2 saturated heterocycles. The number of esters is 1. The van der Waals surface area contributed by atoms with E-state index < -0.39 is 0 Å². The largest absolute Gasteiger partial charge is 0.469 e. The van der Waals surface area contributed by atoms with E-state index in [0.717, 1.165) is 45.6 Å². The zero-order valence-electron chi connectivity index (χ0n) is 11.0. The highest BCUT2D eigenvalue weighted by molar-refractivity contribution is 5.72. The Morgan fingerprint density at radius 3 is 3.06 bits per heavy atom. The van der Waals surface area contributed by atoms with E-state index in [-0.39, 0.29) is 11.9 Å². The van der Waals surface area contributed by atoms with Gasteiger partial charge in [-0.05, 0) is 37.8 Å². The monoisotopic (exact) mass is 240 g/mol. The Labute approximate surface area is 104 Å². The molecule has 2 rings (SSSR count).